The van der Waals surface area contributed by atoms with E-state index in [0.29, 0.717) is 0 Å². The smallest absolute Gasteiger partial charge is 0.0414 e. The van der Waals surface area contributed by atoms with Crippen LogP contribution in [0.15, 0.2) is 0 Å². The lowest BCUT2D eigenvalue weighted by Crippen LogP contribution is -1.91. The molecule has 0 aliphatic heterocycles. The second kappa shape index (κ2) is 3.92. The van der Waals surface area contributed by atoms with Crippen LogP contribution in [0, 0.1) is 5.92 Å². The maximum absolute atomic E-state index is 2.29. The third kappa shape index (κ3) is 2.38. The van der Waals surface area contributed by atoms with Crippen LogP contribution >= 0.6 is 0 Å². The summed E-state index contributed by atoms with van der Waals surface area (Å²) in [6, 6.07) is 0. The predicted molar refractivity (Wildman–Crippen MR) is 41.5 cm³/mol. The summed E-state index contributed by atoms with van der Waals surface area (Å²) in [7, 11) is 0. The van der Waals surface area contributed by atoms with Gasteiger partial charge in [0.05, 0.1) is 0 Å². The fourth-order valence-electron chi connectivity index (χ4n) is 1.79. The third-order valence-corrected chi connectivity index (χ3v) is 2.44. The topological polar surface area (TPSA) is 0 Å². The van der Waals surface area contributed by atoms with Crippen LogP contribution in [0.5, 0.6) is 0 Å². The molecule has 0 heteroatoms. The Morgan fingerprint density at radius 2 is 1.89 bits per heavy atom. The SMILES string of the molecule is CCCCC1CCCC1. The van der Waals surface area contributed by atoms with Crippen molar-refractivity contribution in [1.82, 2.24) is 0 Å². The van der Waals surface area contributed by atoms with E-state index in [0.717, 1.165) is 5.92 Å². The van der Waals surface area contributed by atoms with Crippen molar-refractivity contribution in [3.63, 3.8) is 0 Å². The molecule has 0 saturated heterocycles. The molecule has 0 radical (unpaired) electrons. The van der Waals surface area contributed by atoms with Gasteiger partial charge in [0.15, 0.2) is 0 Å². The zero-order valence-electron chi connectivity index (χ0n) is 6.53. The number of unbranched alkanes of at least 4 members (excludes halogenated alkanes) is 1. The average molecular weight is 126 g/mol. The molecule has 1 aliphatic rings. The normalized spacial score (nSPS) is 21.0. The second-order valence-corrected chi connectivity index (χ2v) is 3.29. The van der Waals surface area contributed by atoms with Crippen LogP contribution in [0.2, 0.25) is 0 Å². The van der Waals surface area contributed by atoms with Crippen molar-refractivity contribution in [1.29, 1.82) is 0 Å². The van der Waals surface area contributed by atoms with E-state index < -0.39 is 0 Å². The van der Waals surface area contributed by atoms with Gasteiger partial charge in [-0.25, -0.2) is 0 Å². The van der Waals surface area contributed by atoms with Crippen molar-refractivity contribution in [3.05, 3.63) is 0 Å². The molecule has 0 bridgehead atoms. The maximum Gasteiger partial charge on any atom is -0.0414 e. The Morgan fingerprint density at radius 3 is 2.44 bits per heavy atom. The Morgan fingerprint density at radius 1 is 1.22 bits per heavy atom. The van der Waals surface area contributed by atoms with Crippen LogP contribution in [-0.2, 0) is 0 Å². The lowest BCUT2D eigenvalue weighted by Gasteiger charge is -2.05. The molecule has 0 nitrogen and oxygen atoms in total. The van der Waals surface area contributed by atoms with Gasteiger partial charge >= 0.3 is 0 Å². The van der Waals surface area contributed by atoms with E-state index in [1.54, 1.807) is 0 Å². The largest absolute Gasteiger partial charge is 0.0654 e. The van der Waals surface area contributed by atoms with Gasteiger partial charge in [0.2, 0.25) is 0 Å². The molecule has 1 rings (SSSR count). The summed E-state index contributed by atoms with van der Waals surface area (Å²) in [6.45, 7) is 2.29. The average Bonchev–Trinajstić information content (AvgIpc) is 2.34. The quantitative estimate of drug-likeness (QED) is 0.544. The van der Waals surface area contributed by atoms with Crippen LogP contribution in [-0.4, -0.2) is 0 Å². The lowest BCUT2D eigenvalue weighted by molar-refractivity contribution is 0.480. The third-order valence-electron chi connectivity index (χ3n) is 2.44. The number of hydrogen-bond donors (Lipinski definition) is 0. The summed E-state index contributed by atoms with van der Waals surface area (Å²) in [4.78, 5) is 0. The second-order valence-electron chi connectivity index (χ2n) is 3.29. The van der Waals surface area contributed by atoms with Crippen LogP contribution in [0.25, 0.3) is 0 Å². The minimum absolute atomic E-state index is 1.12. The van der Waals surface area contributed by atoms with E-state index in [9.17, 15) is 0 Å². The molecule has 0 aromatic heterocycles. The van der Waals surface area contributed by atoms with E-state index in [4.69, 9.17) is 0 Å². The van der Waals surface area contributed by atoms with Crippen molar-refractivity contribution in [2.45, 2.75) is 51.9 Å². The highest BCUT2D eigenvalue weighted by Gasteiger charge is 2.13. The predicted octanol–water partition coefficient (Wildman–Crippen LogP) is 3.37. The molecule has 0 aromatic carbocycles. The van der Waals surface area contributed by atoms with Crippen molar-refractivity contribution in [3.8, 4) is 0 Å². The minimum atomic E-state index is 1.12. The highest BCUT2D eigenvalue weighted by atomic mass is 14.2. The molecule has 0 spiro atoms. The number of hydrogen-bond acceptors (Lipinski definition) is 0. The molecule has 1 aliphatic carbocycles. The first kappa shape index (κ1) is 7.11. The van der Waals surface area contributed by atoms with Crippen molar-refractivity contribution in [2.24, 2.45) is 5.92 Å². The lowest BCUT2D eigenvalue weighted by atomic mass is 10.0. The summed E-state index contributed by atoms with van der Waals surface area (Å²) >= 11 is 0. The fraction of sp³-hybridized carbons (Fsp3) is 1.00. The summed E-state index contributed by atoms with van der Waals surface area (Å²) < 4.78 is 0. The minimum Gasteiger partial charge on any atom is -0.0654 e. The van der Waals surface area contributed by atoms with Gasteiger partial charge < -0.3 is 0 Å². The van der Waals surface area contributed by atoms with Gasteiger partial charge in [0.1, 0.15) is 0 Å². The Hall–Kier alpha value is 0. The highest BCUT2D eigenvalue weighted by Crippen LogP contribution is 2.28. The molecular weight excluding hydrogens is 108 g/mol. The van der Waals surface area contributed by atoms with E-state index in [1.165, 1.54) is 44.9 Å². The molecule has 0 atom stereocenters. The molecule has 0 aromatic rings. The molecule has 1 fully saturated rings. The van der Waals surface area contributed by atoms with E-state index in [-0.39, 0.29) is 0 Å². The van der Waals surface area contributed by atoms with Gasteiger partial charge in [-0.15, -0.1) is 0 Å². The first-order valence-electron chi connectivity index (χ1n) is 4.43. The fourth-order valence-corrected chi connectivity index (χ4v) is 1.79. The maximum atomic E-state index is 2.29. The van der Waals surface area contributed by atoms with Gasteiger partial charge in [-0.05, 0) is 5.92 Å². The zero-order chi connectivity index (χ0) is 6.53. The van der Waals surface area contributed by atoms with Crippen LogP contribution in [0.3, 0.4) is 0 Å². The van der Waals surface area contributed by atoms with Gasteiger partial charge in [-0.2, -0.15) is 0 Å². The van der Waals surface area contributed by atoms with E-state index in [1.807, 2.05) is 0 Å². The van der Waals surface area contributed by atoms with Crippen LogP contribution < -0.4 is 0 Å². The zero-order valence-corrected chi connectivity index (χ0v) is 6.53. The van der Waals surface area contributed by atoms with Crippen molar-refractivity contribution < 1.29 is 0 Å². The summed E-state index contributed by atoms with van der Waals surface area (Å²) in [5.41, 5.74) is 0. The van der Waals surface area contributed by atoms with Crippen LogP contribution in [0.1, 0.15) is 51.9 Å². The van der Waals surface area contributed by atoms with Crippen LogP contribution in [0.4, 0.5) is 0 Å². The van der Waals surface area contributed by atoms with E-state index in [2.05, 4.69) is 6.92 Å². The first-order chi connectivity index (χ1) is 4.43. The summed E-state index contributed by atoms with van der Waals surface area (Å²) in [5.74, 6) is 1.12. The molecule has 0 N–H and O–H groups in total. The summed E-state index contributed by atoms with van der Waals surface area (Å²) in [5, 5.41) is 0. The molecular formula is C9H18. The standard InChI is InChI=1S/C9H18/c1-2-3-6-9-7-4-5-8-9/h9H,2-8H2,1H3. The Kier molecular flexibility index (Phi) is 3.10. The Balaban J connectivity index is 1.98. The summed E-state index contributed by atoms with van der Waals surface area (Å²) in [6.07, 6.45) is 10.4. The van der Waals surface area contributed by atoms with Gasteiger partial charge in [-0.1, -0.05) is 51.9 Å². The molecule has 54 valence electrons. The molecule has 9 heavy (non-hydrogen) atoms. The van der Waals surface area contributed by atoms with Gasteiger partial charge in [0, 0.05) is 0 Å². The molecule has 0 heterocycles. The Labute approximate surface area is 58.7 Å². The molecule has 0 amide bonds. The monoisotopic (exact) mass is 126 g/mol. The molecule has 1 saturated carbocycles. The van der Waals surface area contributed by atoms with Gasteiger partial charge in [0.25, 0.3) is 0 Å². The van der Waals surface area contributed by atoms with Gasteiger partial charge in [-0.3, -0.25) is 0 Å². The highest BCUT2D eigenvalue weighted by molar-refractivity contribution is 4.66. The molecule has 0 unspecified atom stereocenters. The first-order valence-corrected chi connectivity index (χ1v) is 4.43. The van der Waals surface area contributed by atoms with Crippen molar-refractivity contribution >= 4 is 0 Å². The Bertz CT molecular complexity index is 60.4. The van der Waals surface area contributed by atoms with Crippen molar-refractivity contribution in [2.75, 3.05) is 0 Å². The van der Waals surface area contributed by atoms with E-state index >= 15 is 0 Å². The number of rotatable bonds is 3.